The van der Waals surface area contributed by atoms with Crippen LogP contribution in [-0.2, 0) is 14.3 Å². The molecule has 0 aromatic rings. The molecular formula is C15H20O3. The second-order valence-electron chi connectivity index (χ2n) is 6.42. The minimum atomic E-state index is -0.318. The fraction of sp³-hybridized carbons (Fsp3) is 0.733. The quantitative estimate of drug-likeness (QED) is 0.670. The predicted octanol–water partition coefficient (Wildman–Crippen LogP) is 2.65. The first kappa shape index (κ1) is 11.9. The number of carbonyl (C=O) groups excluding carboxylic acids is 2. The molecule has 0 heterocycles. The third-order valence-electron chi connectivity index (χ3n) is 5.62. The zero-order valence-corrected chi connectivity index (χ0v) is 11.3. The summed E-state index contributed by atoms with van der Waals surface area (Å²) in [7, 11) is 1.44. The molecule has 2 saturated carbocycles. The first-order chi connectivity index (χ1) is 8.45. The van der Waals surface area contributed by atoms with Gasteiger partial charge in [-0.15, -0.1) is 0 Å². The van der Waals surface area contributed by atoms with Crippen LogP contribution in [0.25, 0.3) is 0 Å². The molecular weight excluding hydrogens is 228 g/mol. The van der Waals surface area contributed by atoms with Gasteiger partial charge in [-0.05, 0) is 37.2 Å². The van der Waals surface area contributed by atoms with Gasteiger partial charge in [0.15, 0.2) is 0 Å². The summed E-state index contributed by atoms with van der Waals surface area (Å²) in [5.74, 6) is 0.534. The van der Waals surface area contributed by atoms with Gasteiger partial charge in [0, 0.05) is 17.4 Å². The average molecular weight is 248 g/mol. The lowest BCUT2D eigenvalue weighted by Gasteiger charge is -2.51. The van der Waals surface area contributed by atoms with Crippen molar-refractivity contribution in [2.24, 2.45) is 16.7 Å². The molecule has 0 aromatic heterocycles. The summed E-state index contributed by atoms with van der Waals surface area (Å²) in [6.07, 6.45) is 4.31. The van der Waals surface area contributed by atoms with Gasteiger partial charge in [-0.1, -0.05) is 13.8 Å². The lowest BCUT2D eigenvalue weighted by molar-refractivity contribution is -0.142. The van der Waals surface area contributed by atoms with Crippen LogP contribution in [0.2, 0.25) is 0 Å². The van der Waals surface area contributed by atoms with Crippen LogP contribution in [0.5, 0.6) is 0 Å². The summed E-state index contributed by atoms with van der Waals surface area (Å²) in [5.41, 5.74) is 1.36. The summed E-state index contributed by atoms with van der Waals surface area (Å²) in [6, 6.07) is 0. The van der Waals surface area contributed by atoms with Crippen molar-refractivity contribution >= 4 is 11.8 Å². The minimum Gasteiger partial charge on any atom is -0.466 e. The van der Waals surface area contributed by atoms with Crippen LogP contribution in [0.1, 0.15) is 46.0 Å². The minimum absolute atomic E-state index is 0.210. The van der Waals surface area contributed by atoms with Gasteiger partial charge in [0.05, 0.1) is 12.5 Å². The first-order valence-electron chi connectivity index (χ1n) is 6.81. The fourth-order valence-corrected chi connectivity index (χ4v) is 4.58. The number of allylic oxidation sites excluding steroid dienone is 1. The highest BCUT2D eigenvalue weighted by molar-refractivity contribution is 6.01. The molecule has 0 saturated heterocycles. The Morgan fingerprint density at radius 2 is 2.11 bits per heavy atom. The van der Waals surface area contributed by atoms with Crippen LogP contribution in [-0.4, -0.2) is 18.9 Å². The van der Waals surface area contributed by atoms with E-state index in [9.17, 15) is 9.59 Å². The molecule has 1 spiro atoms. The summed E-state index contributed by atoms with van der Waals surface area (Å²) in [5, 5.41) is 0. The summed E-state index contributed by atoms with van der Waals surface area (Å²) >= 11 is 0. The van der Waals surface area contributed by atoms with Gasteiger partial charge < -0.3 is 4.74 Å². The van der Waals surface area contributed by atoms with Crippen LogP contribution < -0.4 is 0 Å². The van der Waals surface area contributed by atoms with Crippen molar-refractivity contribution in [3.8, 4) is 0 Å². The summed E-state index contributed by atoms with van der Waals surface area (Å²) in [4.78, 5) is 24.7. The zero-order valence-electron chi connectivity index (χ0n) is 11.3. The molecule has 0 aromatic carbocycles. The van der Waals surface area contributed by atoms with E-state index in [1.165, 1.54) is 7.11 Å². The Kier molecular flexibility index (Phi) is 2.30. The van der Waals surface area contributed by atoms with Crippen molar-refractivity contribution in [1.29, 1.82) is 0 Å². The number of esters is 1. The van der Waals surface area contributed by atoms with Crippen molar-refractivity contribution in [2.75, 3.05) is 7.11 Å². The number of carbonyl (C=O) groups is 2. The standard InChI is InChI=1S/C15H20O3/c1-9-4-5-10-12(13(17)18-3)14(2)6-7-15(9,10)11(16)8-14/h9H,4-8H2,1-3H3/t9?,14-,15+/m0/s1. The molecule has 4 aliphatic rings. The van der Waals surface area contributed by atoms with Crippen LogP contribution in [0.4, 0.5) is 0 Å². The van der Waals surface area contributed by atoms with Crippen molar-refractivity contribution < 1.29 is 14.3 Å². The molecule has 3 heteroatoms. The van der Waals surface area contributed by atoms with E-state index in [-0.39, 0.29) is 16.8 Å². The van der Waals surface area contributed by atoms with Gasteiger partial charge >= 0.3 is 5.97 Å². The highest BCUT2D eigenvalue weighted by atomic mass is 16.5. The third kappa shape index (κ3) is 1.15. The number of ketones is 1. The molecule has 4 rings (SSSR count). The highest BCUT2D eigenvalue weighted by Crippen LogP contribution is 2.65. The molecule has 0 amide bonds. The van der Waals surface area contributed by atoms with Crippen LogP contribution in [0.15, 0.2) is 11.1 Å². The van der Waals surface area contributed by atoms with Gasteiger partial charge in [0.1, 0.15) is 5.78 Å². The van der Waals surface area contributed by atoms with E-state index in [4.69, 9.17) is 4.74 Å². The molecule has 2 fully saturated rings. The Morgan fingerprint density at radius 3 is 2.72 bits per heavy atom. The maximum Gasteiger partial charge on any atom is 0.334 e. The molecule has 0 aliphatic heterocycles. The lowest BCUT2D eigenvalue weighted by atomic mass is 9.50. The van der Waals surface area contributed by atoms with Crippen molar-refractivity contribution in [2.45, 2.75) is 46.0 Å². The fourth-order valence-electron chi connectivity index (χ4n) is 4.58. The van der Waals surface area contributed by atoms with Crippen LogP contribution in [0, 0.1) is 16.7 Å². The zero-order chi connectivity index (χ0) is 13.1. The van der Waals surface area contributed by atoms with Crippen molar-refractivity contribution in [3.63, 3.8) is 0 Å². The molecule has 18 heavy (non-hydrogen) atoms. The molecule has 98 valence electrons. The van der Waals surface area contributed by atoms with E-state index in [2.05, 4.69) is 13.8 Å². The normalized spacial score (nSPS) is 42.2. The van der Waals surface area contributed by atoms with E-state index in [0.29, 0.717) is 18.1 Å². The number of methoxy groups -OCH3 is 1. The monoisotopic (exact) mass is 248 g/mol. The van der Waals surface area contributed by atoms with E-state index < -0.39 is 0 Å². The number of ether oxygens (including phenoxy) is 1. The Bertz CT molecular complexity index is 476. The second-order valence-corrected chi connectivity index (χ2v) is 6.42. The molecule has 3 nitrogen and oxygen atoms in total. The Hall–Kier alpha value is -1.12. The molecule has 2 bridgehead atoms. The van der Waals surface area contributed by atoms with Crippen molar-refractivity contribution in [3.05, 3.63) is 11.1 Å². The van der Waals surface area contributed by atoms with Gasteiger partial charge in [-0.2, -0.15) is 0 Å². The molecule has 0 radical (unpaired) electrons. The van der Waals surface area contributed by atoms with E-state index in [0.717, 1.165) is 36.8 Å². The predicted molar refractivity (Wildman–Crippen MR) is 66.8 cm³/mol. The maximum absolute atomic E-state index is 12.5. The largest absolute Gasteiger partial charge is 0.466 e. The summed E-state index contributed by atoms with van der Waals surface area (Å²) in [6.45, 7) is 4.21. The van der Waals surface area contributed by atoms with Crippen LogP contribution >= 0.6 is 0 Å². The molecule has 1 unspecified atom stereocenters. The van der Waals surface area contributed by atoms with E-state index in [1.807, 2.05) is 0 Å². The number of fused-ring (bicyclic) bond motifs is 2. The smallest absolute Gasteiger partial charge is 0.334 e. The average Bonchev–Trinajstić information content (AvgIpc) is 2.66. The second kappa shape index (κ2) is 3.46. The Morgan fingerprint density at radius 1 is 1.39 bits per heavy atom. The third-order valence-corrected chi connectivity index (χ3v) is 5.62. The van der Waals surface area contributed by atoms with Crippen LogP contribution in [0.3, 0.4) is 0 Å². The first-order valence-corrected chi connectivity index (χ1v) is 6.81. The molecule has 0 N–H and O–H groups in total. The number of hydrogen-bond acceptors (Lipinski definition) is 3. The maximum atomic E-state index is 12.5. The lowest BCUT2D eigenvalue weighted by Crippen LogP contribution is -2.51. The molecule has 3 atom stereocenters. The number of hydrogen-bond donors (Lipinski definition) is 0. The summed E-state index contributed by atoms with van der Waals surface area (Å²) < 4.78 is 4.97. The topological polar surface area (TPSA) is 43.4 Å². The van der Waals surface area contributed by atoms with Gasteiger partial charge in [0.25, 0.3) is 0 Å². The SMILES string of the molecule is COC(=O)C1=C2CCC(C)[C@]23CC[C@@]1(C)CC3=O. The highest BCUT2D eigenvalue weighted by Gasteiger charge is 2.62. The Labute approximate surface area is 108 Å². The number of rotatable bonds is 1. The van der Waals surface area contributed by atoms with Gasteiger partial charge in [-0.25, -0.2) is 4.79 Å². The van der Waals surface area contributed by atoms with E-state index in [1.54, 1.807) is 0 Å². The van der Waals surface area contributed by atoms with E-state index >= 15 is 0 Å². The Balaban J connectivity index is 2.25. The molecule has 4 aliphatic carbocycles. The number of Topliss-reactive ketones (excluding diaryl/α,β-unsaturated/α-hetero) is 1. The van der Waals surface area contributed by atoms with Gasteiger partial charge in [-0.3, -0.25) is 4.79 Å². The van der Waals surface area contributed by atoms with Crippen molar-refractivity contribution in [1.82, 2.24) is 0 Å². The van der Waals surface area contributed by atoms with Gasteiger partial charge in [0.2, 0.25) is 0 Å².